The predicted octanol–water partition coefficient (Wildman–Crippen LogP) is 3.44. The summed E-state index contributed by atoms with van der Waals surface area (Å²) >= 11 is 12.6. The third-order valence-electron chi connectivity index (χ3n) is 5.19. The van der Waals surface area contributed by atoms with E-state index in [9.17, 15) is 4.79 Å². The summed E-state index contributed by atoms with van der Waals surface area (Å²) in [6.45, 7) is 0. The monoisotopic (exact) mass is 471 g/mol. The highest BCUT2D eigenvalue weighted by Crippen LogP contribution is 2.45. The lowest BCUT2D eigenvalue weighted by Crippen LogP contribution is -2.29. The maximum absolute atomic E-state index is 12.8. The van der Waals surface area contributed by atoms with Gasteiger partial charge in [-0.3, -0.25) is 4.79 Å². The van der Waals surface area contributed by atoms with Crippen molar-refractivity contribution in [1.82, 2.24) is 30.4 Å². The summed E-state index contributed by atoms with van der Waals surface area (Å²) in [6, 6.07) is 9.77. The number of nitrogens with one attached hydrogen (secondary N) is 2. The lowest BCUT2D eigenvalue weighted by molar-refractivity contribution is 0.386. The molecule has 1 aliphatic heterocycles. The van der Waals surface area contributed by atoms with E-state index in [-0.39, 0.29) is 5.69 Å². The molecule has 0 spiro atoms. The molecule has 5 rings (SSSR count). The molecule has 0 saturated carbocycles. The average molecular weight is 472 g/mol. The van der Waals surface area contributed by atoms with Crippen molar-refractivity contribution in [3.05, 3.63) is 67.9 Å². The summed E-state index contributed by atoms with van der Waals surface area (Å²) in [5.41, 5.74) is 2.08. The number of aromatic amines is 1. The first-order valence-corrected chi connectivity index (χ1v) is 10.1. The molecule has 12 heteroatoms. The fraction of sp³-hybridized carbons (Fsp3) is 0.150. The zero-order valence-corrected chi connectivity index (χ0v) is 18.3. The fourth-order valence-corrected chi connectivity index (χ4v) is 4.25. The van der Waals surface area contributed by atoms with Crippen LogP contribution in [0.5, 0.6) is 11.5 Å². The highest BCUT2D eigenvalue weighted by molar-refractivity contribution is 6.36. The lowest BCUT2D eigenvalue weighted by Gasteiger charge is -2.29. The Morgan fingerprint density at radius 3 is 2.69 bits per heavy atom. The Morgan fingerprint density at radius 1 is 1.09 bits per heavy atom. The number of H-pyrrole nitrogens is 1. The Balaban J connectivity index is 1.84. The van der Waals surface area contributed by atoms with Crippen LogP contribution in [0.3, 0.4) is 0 Å². The van der Waals surface area contributed by atoms with E-state index >= 15 is 0 Å². The van der Waals surface area contributed by atoms with Gasteiger partial charge in [0.25, 0.3) is 5.56 Å². The minimum Gasteiger partial charge on any atom is -0.497 e. The Labute approximate surface area is 191 Å². The largest absolute Gasteiger partial charge is 0.497 e. The molecular formula is C20H15Cl2N7O3. The van der Waals surface area contributed by atoms with E-state index in [1.54, 1.807) is 49.2 Å². The van der Waals surface area contributed by atoms with Gasteiger partial charge in [0.2, 0.25) is 5.95 Å². The predicted molar refractivity (Wildman–Crippen MR) is 118 cm³/mol. The summed E-state index contributed by atoms with van der Waals surface area (Å²) in [4.78, 5) is 12.8. The third-order valence-corrected chi connectivity index (χ3v) is 5.74. The summed E-state index contributed by atoms with van der Waals surface area (Å²) < 4.78 is 12.5. The van der Waals surface area contributed by atoms with Gasteiger partial charge in [-0.2, -0.15) is 9.78 Å². The van der Waals surface area contributed by atoms with Gasteiger partial charge in [-0.25, -0.2) is 5.10 Å². The molecule has 0 saturated heterocycles. The van der Waals surface area contributed by atoms with Crippen LogP contribution in [-0.2, 0) is 0 Å². The van der Waals surface area contributed by atoms with Crippen LogP contribution in [0.4, 0.5) is 11.6 Å². The van der Waals surface area contributed by atoms with Gasteiger partial charge in [-0.05, 0) is 40.8 Å². The number of nitrogens with zero attached hydrogens (tertiary/aromatic N) is 5. The Bertz CT molecular complexity index is 1400. The molecule has 0 radical (unpaired) electrons. The van der Waals surface area contributed by atoms with E-state index in [0.29, 0.717) is 49.9 Å². The SMILES string of the molecule is COc1ccc(C2c3c(-c4ccc(Cl)cc4Cl)n[nH]c(=O)c3Nc3nnnn32)c(OC)c1. The van der Waals surface area contributed by atoms with Gasteiger partial charge < -0.3 is 14.8 Å². The van der Waals surface area contributed by atoms with Crippen LogP contribution >= 0.6 is 23.2 Å². The second-order valence-corrected chi connectivity index (χ2v) is 7.74. The third kappa shape index (κ3) is 3.15. The molecule has 1 atom stereocenters. The molecule has 32 heavy (non-hydrogen) atoms. The van der Waals surface area contributed by atoms with Crippen LogP contribution in [0.15, 0.2) is 41.2 Å². The molecule has 162 valence electrons. The van der Waals surface area contributed by atoms with E-state index in [4.69, 9.17) is 32.7 Å². The van der Waals surface area contributed by atoms with Crippen molar-refractivity contribution in [3.8, 4) is 22.8 Å². The van der Waals surface area contributed by atoms with Crippen LogP contribution in [0.25, 0.3) is 11.3 Å². The van der Waals surface area contributed by atoms with Gasteiger partial charge >= 0.3 is 0 Å². The standard InChI is InChI=1S/C20H15Cl2N7O3/c1-31-10-4-6-12(14(8-10)32-2)18-15-16(11-5-3-9(21)7-13(11)22)24-25-19(30)17(15)23-20-26-27-28-29(18)20/h3-8,18H,1-2H3,(H,25,30)(H,23,26,28). The first-order valence-electron chi connectivity index (χ1n) is 9.36. The maximum atomic E-state index is 12.8. The molecule has 0 fully saturated rings. The minimum atomic E-state index is -0.645. The van der Waals surface area contributed by atoms with Crippen molar-refractivity contribution in [3.63, 3.8) is 0 Å². The number of fused-ring (bicyclic) bond motifs is 2. The van der Waals surface area contributed by atoms with Gasteiger partial charge in [-0.15, -0.1) is 0 Å². The summed E-state index contributed by atoms with van der Waals surface area (Å²) in [5.74, 6) is 1.43. The summed E-state index contributed by atoms with van der Waals surface area (Å²) in [6.07, 6.45) is 0. The molecule has 10 nitrogen and oxygen atoms in total. The summed E-state index contributed by atoms with van der Waals surface area (Å²) in [7, 11) is 3.12. The zero-order chi connectivity index (χ0) is 22.4. The number of rotatable bonds is 4. The van der Waals surface area contributed by atoms with Crippen molar-refractivity contribution in [1.29, 1.82) is 0 Å². The fourth-order valence-electron chi connectivity index (χ4n) is 3.76. The molecule has 0 amide bonds. The van der Waals surface area contributed by atoms with Crippen LogP contribution in [0, 0.1) is 0 Å². The number of anilines is 2. The van der Waals surface area contributed by atoms with Gasteiger partial charge in [0.15, 0.2) is 0 Å². The van der Waals surface area contributed by atoms with Crippen molar-refractivity contribution in [2.24, 2.45) is 0 Å². The van der Waals surface area contributed by atoms with Crippen molar-refractivity contribution in [2.75, 3.05) is 19.5 Å². The molecule has 0 bridgehead atoms. The topological polar surface area (TPSA) is 120 Å². The molecule has 3 heterocycles. The molecule has 4 aromatic rings. The van der Waals surface area contributed by atoms with Crippen LogP contribution < -0.4 is 20.3 Å². The molecule has 2 aromatic carbocycles. The number of hydrogen-bond donors (Lipinski definition) is 2. The minimum absolute atomic E-state index is 0.256. The number of halogens is 2. The van der Waals surface area contributed by atoms with E-state index in [0.717, 1.165) is 0 Å². The number of tetrazole rings is 1. The highest BCUT2D eigenvalue weighted by atomic mass is 35.5. The number of methoxy groups -OCH3 is 2. The number of ether oxygens (including phenoxy) is 2. The van der Waals surface area contributed by atoms with Gasteiger partial charge in [0, 0.05) is 27.8 Å². The summed E-state index contributed by atoms with van der Waals surface area (Å²) in [5, 5.41) is 22.6. The van der Waals surface area contributed by atoms with Crippen molar-refractivity contribution >= 4 is 34.8 Å². The van der Waals surface area contributed by atoms with Crippen LogP contribution in [0.1, 0.15) is 17.2 Å². The number of aromatic nitrogens is 6. The second kappa shape index (κ2) is 7.81. The Kier molecular flexibility index (Phi) is 4.95. The molecule has 2 aromatic heterocycles. The lowest BCUT2D eigenvalue weighted by atomic mass is 9.92. The van der Waals surface area contributed by atoms with E-state index in [2.05, 4.69) is 31.0 Å². The number of hydrogen-bond acceptors (Lipinski definition) is 8. The van der Waals surface area contributed by atoms with Crippen molar-refractivity contribution in [2.45, 2.75) is 6.04 Å². The first kappa shape index (κ1) is 20.3. The van der Waals surface area contributed by atoms with Crippen LogP contribution in [-0.4, -0.2) is 44.6 Å². The van der Waals surface area contributed by atoms with E-state index in [1.165, 1.54) is 0 Å². The van der Waals surface area contributed by atoms with Crippen LogP contribution in [0.2, 0.25) is 10.0 Å². The average Bonchev–Trinajstić information content (AvgIpc) is 3.27. The Hall–Kier alpha value is -3.63. The molecule has 2 N–H and O–H groups in total. The van der Waals surface area contributed by atoms with E-state index in [1.807, 2.05) is 6.07 Å². The van der Waals surface area contributed by atoms with Gasteiger partial charge in [0.05, 0.1) is 19.2 Å². The maximum Gasteiger partial charge on any atom is 0.288 e. The van der Waals surface area contributed by atoms with Crippen molar-refractivity contribution < 1.29 is 9.47 Å². The molecule has 1 unspecified atom stereocenters. The molecular weight excluding hydrogens is 457 g/mol. The first-order chi connectivity index (χ1) is 15.5. The molecule has 0 aliphatic carbocycles. The highest BCUT2D eigenvalue weighted by Gasteiger charge is 2.36. The zero-order valence-electron chi connectivity index (χ0n) is 16.8. The second-order valence-electron chi connectivity index (χ2n) is 6.90. The Morgan fingerprint density at radius 2 is 1.94 bits per heavy atom. The smallest absolute Gasteiger partial charge is 0.288 e. The number of benzene rings is 2. The molecule has 1 aliphatic rings. The quantitative estimate of drug-likeness (QED) is 0.408. The van der Waals surface area contributed by atoms with E-state index < -0.39 is 11.6 Å². The van der Waals surface area contributed by atoms with Gasteiger partial charge in [-0.1, -0.05) is 28.3 Å². The van der Waals surface area contributed by atoms with Gasteiger partial charge in [0.1, 0.15) is 28.9 Å². The normalized spacial score (nSPS) is 14.3.